The van der Waals surface area contributed by atoms with Crippen molar-refractivity contribution in [3.05, 3.63) is 71.4 Å². The fourth-order valence-electron chi connectivity index (χ4n) is 3.34. The molecule has 0 radical (unpaired) electrons. The number of para-hydroxylation sites is 1. The second kappa shape index (κ2) is 8.93. The van der Waals surface area contributed by atoms with Crippen LogP contribution in [0, 0.1) is 17.1 Å². The summed E-state index contributed by atoms with van der Waals surface area (Å²) in [6, 6.07) is 14.6. The number of hydrogen-bond acceptors (Lipinski definition) is 6. The third-order valence-electron chi connectivity index (χ3n) is 4.88. The number of anilines is 2. The Morgan fingerprint density at radius 3 is 2.56 bits per heavy atom. The molecule has 2 aromatic carbocycles. The normalized spacial score (nSPS) is 11.1. The van der Waals surface area contributed by atoms with Crippen LogP contribution in [0.3, 0.4) is 0 Å². The molecule has 0 saturated carbocycles. The zero-order chi connectivity index (χ0) is 22.7. The van der Waals surface area contributed by atoms with Gasteiger partial charge in [-0.1, -0.05) is 12.1 Å². The van der Waals surface area contributed by atoms with Crippen LogP contribution >= 0.6 is 0 Å². The van der Waals surface area contributed by atoms with Crippen molar-refractivity contribution in [2.45, 2.75) is 19.3 Å². The molecule has 4 rings (SSSR count). The van der Waals surface area contributed by atoms with Gasteiger partial charge in [0.15, 0.2) is 5.82 Å². The van der Waals surface area contributed by atoms with Crippen molar-refractivity contribution < 1.29 is 13.2 Å². The van der Waals surface area contributed by atoms with E-state index in [1.165, 1.54) is 28.9 Å². The van der Waals surface area contributed by atoms with Gasteiger partial charge in [-0.25, -0.2) is 27.8 Å². The van der Waals surface area contributed by atoms with Crippen LogP contribution in [0.2, 0.25) is 0 Å². The topological polar surface area (TPSA) is 105 Å². The molecule has 10 heteroatoms. The summed E-state index contributed by atoms with van der Waals surface area (Å²) in [7, 11) is 0. The fraction of sp³-hybridized carbons (Fsp3) is 0.182. The van der Waals surface area contributed by atoms with E-state index in [-0.39, 0.29) is 11.4 Å². The summed E-state index contributed by atoms with van der Waals surface area (Å²) in [5.41, 5.74) is 7.78. The molecule has 0 amide bonds. The van der Waals surface area contributed by atoms with Gasteiger partial charge in [0.05, 0.1) is 16.9 Å². The Morgan fingerprint density at radius 2 is 1.84 bits per heavy atom. The predicted molar refractivity (Wildman–Crippen MR) is 114 cm³/mol. The molecule has 0 atom stereocenters. The third-order valence-corrected chi connectivity index (χ3v) is 4.88. The molecule has 0 aliphatic rings. The van der Waals surface area contributed by atoms with Crippen LogP contribution in [0.4, 0.5) is 24.8 Å². The molecule has 162 valence electrons. The fourth-order valence-corrected chi connectivity index (χ4v) is 3.34. The van der Waals surface area contributed by atoms with Crippen molar-refractivity contribution in [2.24, 2.45) is 0 Å². The van der Waals surface area contributed by atoms with Crippen LogP contribution in [0.15, 0.2) is 48.5 Å². The van der Waals surface area contributed by atoms with Crippen LogP contribution in [0.25, 0.3) is 16.6 Å². The van der Waals surface area contributed by atoms with Crippen LogP contribution in [0.1, 0.15) is 29.9 Å². The molecular formula is C22H18F3N7. The zero-order valence-corrected chi connectivity index (χ0v) is 16.8. The minimum atomic E-state index is -2.78. The number of nitrogen functional groups attached to an aromatic ring is 1. The Balaban J connectivity index is 1.49. The standard InChI is InChI=1S/C22H18F3N7/c23-13-7-9-14(10-8-13)32-20(27)16(12-26)18(31-32)6-3-11-28-21-15-4-1-2-5-17(15)29-22(30-21)19(24)25/h1-2,4-5,7-10,19H,3,6,11,27H2,(H,28,29,30). The van der Waals surface area contributed by atoms with Crippen molar-refractivity contribution in [1.82, 2.24) is 19.7 Å². The highest BCUT2D eigenvalue weighted by Crippen LogP contribution is 2.25. The van der Waals surface area contributed by atoms with E-state index in [1.807, 2.05) is 0 Å². The van der Waals surface area contributed by atoms with Crippen LogP contribution in [-0.2, 0) is 6.42 Å². The molecule has 0 aliphatic carbocycles. The summed E-state index contributed by atoms with van der Waals surface area (Å²) in [6.45, 7) is 0.401. The van der Waals surface area contributed by atoms with Crippen LogP contribution < -0.4 is 11.1 Å². The Kier molecular flexibility index (Phi) is 5.89. The van der Waals surface area contributed by atoms with Crippen molar-refractivity contribution in [3.8, 4) is 11.8 Å². The molecule has 2 heterocycles. The first-order valence-corrected chi connectivity index (χ1v) is 9.80. The van der Waals surface area contributed by atoms with Gasteiger partial charge in [0.2, 0.25) is 0 Å². The van der Waals surface area contributed by atoms with Crippen LogP contribution in [-0.4, -0.2) is 26.3 Å². The number of nitrogens with one attached hydrogen (secondary N) is 1. The van der Waals surface area contributed by atoms with Gasteiger partial charge in [-0.15, -0.1) is 0 Å². The number of aromatic nitrogens is 4. The quantitative estimate of drug-likeness (QED) is 0.416. The summed E-state index contributed by atoms with van der Waals surface area (Å²) in [5.74, 6) is -0.435. The maximum Gasteiger partial charge on any atom is 0.297 e. The maximum absolute atomic E-state index is 13.2. The van der Waals surface area contributed by atoms with Gasteiger partial charge in [-0.2, -0.15) is 10.4 Å². The molecule has 32 heavy (non-hydrogen) atoms. The molecule has 0 unspecified atom stereocenters. The number of benzene rings is 2. The summed E-state index contributed by atoms with van der Waals surface area (Å²) in [6.07, 6.45) is -1.83. The number of nitrogens with zero attached hydrogens (tertiary/aromatic N) is 5. The molecule has 0 aliphatic heterocycles. The highest BCUT2D eigenvalue weighted by Gasteiger charge is 2.17. The highest BCUT2D eigenvalue weighted by atomic mass is 19.3. The van der Waals surface area contributed by atoms with Gasteiger partial charge in [-0.05, 0) is 49.2 Å². The second-order valence-corrected chi connectivity index (χ2v) is 6.99. The largest absolute Gasteiger partial charge is 0.382 e. The summed E-state index contributed by atoms with van der Waals surface area (Å²) < 4.78 is 40.9. The highest BCUT2D eigenvalue weighted by molar-refractivity contribution is 5.89. The van der Waals surface area contributed by atoms with E-state index in [4.69, 9.17) is 5.73 Å². The van der Waals surface area contributed by atoms with Gasteiger partial charge in [0.25, 0.3) is 6.43 Å². The van der Waals surface area contributed by atoms with Crippen molar-refractivity contribution in [3.63, 3.8) is 0 Å². The molecule has 7 nitrogen and oxygen atoms in total. The number of rotatable bonds is 7. The number of nitrogens with two attached hydrogens (primary N) is 1. The van der Waals surface area contributed by atoms with Gasteiger partial charge < -0.3 is 11.1 Å². The molecule has 0 spiro atoms. The number of halogens is 3. The van der Waals surface area contributed by atoms with Crippen LogP contribution in [0.5, 0.6) is 0 Å². The van der Waals surface area contributed by atoms with Gasteiger partial charge in [-0.3, -0.25) is 0 Å². The molecule has 0 bridgehead atoms. The zero-order valence-electron chi connectivity index (χ0n) is 16.8. The van der Waals surface area contributed by atoms with Gasteiger partial charge in [0.1, 0.15) is 29.1 Å². The number of nitriles is 1. The minimum absolute atomic E-state index is 0.172. The smallest absolute Gasteiger partial charge is 0.297 e. The van der Waals surface area contributed by atoms with E-state index in [0.717, 1.165) is 0 Å². The summed E-state index contributed by atoms with van der Waals surface area (Å²) in [4.78, 5) is 7.84. The lowest BCUT2D eigenvalue weighted by Crippen LogP contribution is -2.08. The monoisotopic (exact) mass is 437 g/mol. The van der Waals surface area contributed by atoms with E-state index >= 15 is 0 Å². The Morgan fingerprint density at radius 1 is 1.09 bits per heavy atom. The van der Waals surface area contributed by atoms with E-state index in [1.54, 1.807) is 24.3 Å². The summed E-state index contributed by atoms with van der Waals surface area (Å²) >= 11 is 0. The van der Waals surface area contributed by atoms with E-state index in [0.29, 0.717) is 47.5 Å². The van der Waals surface area contributed by atoms with Crippen molar-refractivity contribution in [1.29, 1.82) is 5.26 Å². The number of alkyl halides is 2. The van der Waals surface area contributed by atoms with Gasteiger partial charge in [0, 0.05) is 11.9 Å². The predicted octanol–water partition coefficient (Wildman–Crippen LogP) is 4.39. The van der Waals surface area contributed by atoms with Gasteiger partial charge >= 0.3 is 0 Å². The lowest BCUT2D eigenvalue weighted by molar-refractivity contribution is 0.141. The molecule has 0 fully saturated rings. The number of aryl methyl sites for hydroxylation is 1. The average Bonchev–Trinajstić information content (AvgIpc) is 3.12. The van der Waals surface area contributed by atoms with E-state index in [9.17, 15) is 18.4 Å². The molecule has 4 aromatic rings. The Bertz CT molecular complexity index is 1290. The van der Waals surface area contributed by atoms with Crippen molar-refractivity contribution >= 4 is 22.5 Å². The lowest BCUT2D eigenvalue weighted by Gasteiger charge is -2.10. The van der Waals surface area contributed by atoms with E-state index in [2.05, 4.69) is 26.5 Å². The first-order chi connectivity index (χ1) is 15.5. The first-order valence-electron chi connectivity index (χ1n) is 9.80. The summed E-state index contributed by atoms with van der Waals surface area (Å²) in [5, 5.41) is 17.6. The maximum atomic E-state index is 13.2. The average molecular weight is 437 g/mol. The Labute approximate surface area is 181 Å². The van der Waals surface area contributed by atoms with Crippen molar-refractivity contribution in [2.75, 3.05) is 17.6 Å². The molecule has 3 N–H and O–H groups in total. The molecule has 2 aromatic heterocycles. The number of fused-ring (bicyclic) bond motifs is 1. The Hall–Kier alpha value is -4.13. The molecular weight excluding hydrogens is 419 g/mol. The first kappa shape index (κ1) is 21.1. The lowest BCUT2D eigenvalue weighted by atomic mass is 10.1. The molecule has 0 saturated heterocycles. The second-order valence-electron chi connectivity index (χ2n) is 6.99. The number of hydrogen-bond donors (Lipinski definition) is 2. The third kappa shape index (κ3) is 4.18. The minimum Gasteiger partial charge on any atom is -0.382 e. The SMILES string of the molecule is N#Cc1c(CCCNc2nc(C(F)F)nc3ccccc23)nn(-c2ccc(F)cc2)c1N. The van der Waals surface area contributed by atoms with E-state index < -0.39 is 18.1 Å².